The van der Waals surface area contributed by atoms with Gasteiger partial charge in [0.15, 0.2) is 0 Å². The highest BCUT2D eigenvalue weighted by molar-refractivity contribution is 9.09. The number of alkyl halides is 1. The summed E-state index contributed by atoms with van der Waals surface area (Å²) in [6, 6.07) is 5.75. The lowest BCUT2D eigenvalue weighted by Crippen LogP contribution is -2.12. The van der Waals surface area contributed by atoms with E-state index in [0.717, 1.165) is 22.0 Å². The fourth-order valence-corrected chi connectivity index (χ4v) is 3.07. The van der Waals surface area contributed by atoms with Crippen molar-refractivity contribution in [1.29, 1.82) is 0 Å². The molecule has 0 saturated heterocycles. The van der Waals surface area contributed by atoms with Crippen molar-refractivity contribution >= 4 is 32.8 Å². The van der Waals surface area contributed by atoms with E-state index in [1.54, 1.807) is 12.5 Å². The molecule has 21 heavy (non-hydrogen) atoms. The van der Waals surface area contributed by atoms with E-state index >= 15 is 0 Å². The topological polar surface area (TPSA) is 70.9 Å². The molecular weight excluding hydrogens is 334 g/mol. The van der Waals surface area contributed by atoms with Crippen LogP contribution in [-0.4, -0.2) is 30.9 Å². The van der Waals surface area contributed by atoms with Gasteiger partial charge < -0.3 is 14.7 Å². The minimum Gasteiger partial charge on any atom is -0.481 e. The summed E-state index contributed by atoms with van der Waals surface area (Å²) in [5.41, 5.74) is 2.93. The minimum absolute atomic E-state index is 0.398. The van der Waals surface area contributed by atoms with Gasteiger partial charge in [0.05, 0.1) is 18.8 Å². The van der Waals surface area contributed by atoms with E-state index < -0.39 is 11.9 Å². The zero-order chi connectivity index (χ0) is 14.8. The van der Waals surface area contributed by atoms with Crippen molar-refractivity contribution < 1.29 is 9.90 Å². The Morgan fingerprint density at radius 3 is 3.00 bits per heavy atom. The van der Waals surface area contributed by atoms with E-state index in [1.807, 2.05) is 35.2 Å². The van der Waals surface area contributed by atoms with Crippen LogP contribution >= 0.6 is 15.9 Å². The summed E-state index contributed by atoms with van der Waals surface area (Å²) in [6.45, 7) is 0.704. The van der Waals surface area contributed by atoms with Gasteiger partial charge >= 0.3 is 5.97 Å². The zero-order valence-electron chi connectivity index (χ0n) is 11.2. The molecule has 108 valence electrons. The van der Waals surface area contributed by atoms with Gasteiger partial charge in [0, 0.05) is 34.8 Å². The molecule has 0 aliphatic carbocycles. The predicted molar refractivity (Wildman–Crippen MR) is 83.8 cm³/mol. The van der Waals surface area contributed by atoms with Gasteiger partial charge in [-0.25, -0.2) is 4.98 Å². The Morgan fingerprint density at radius 2 is 2.33 bits per heavy atom. The number of aromatic amines is 1. The zero-order valence-corrected chi connectivity index (χ0v) is 12.7. The Hall–Kier alpha value is -2.08. The summed E-state index contributed by atoms with van der Waals surface area (Å²) < 4.78 is 1.98. The molecular formula is C15H14BrN3O2. The first kappa shape index (κ1) is 13.9. The van der Waals surface area contributed by atoms with E-state index in [1.165, 1.54) is 0 Å². The van der Waals surface area contributed by atoms with Gasteiger partial charge in [0.2, 0.25) is 0 Å². The van der Waals surface area contributed by atoms with Crippen molar-refractivity contribution in [3.05, 3.63) is 54.2 Å². The molecule has 0 saturated carbocycles. The number of H-pyrrole nitrogens is 1. The lowest BCUT2D eigenvalue weighted by molar-refractivity contribution is -0.138. The van der Waals surface area contributed by atoms with Crippen LogP contribution in [0.15, 0.2) is 43.1 Å². The van der Waals surface area contributed by atoms with Crippen molar-refractivity contribution in [2.75, 3.05) is 5.33 Å². The second-order valence-corrected chi connectivity index (χ2v) is 5.55. The van der Waals surface area contributed by atoms with Crippen molar-refractivity contribution in [3.8, 4) is 0 Å². The molecule has 3 aromatic rings. The maximum atomic E-state index is 11.3. The molecule has 1 unspecified atom stereocenters. The van der Waals surface area contributed by atoms with Gasteiger partial charge in [0.25, 0.3) is 0 Å². The quantitative estimate of drug-likeness (QED) is 0.697. The number of hydrogen-bond donors (Lipinski definition) is 2. The molecule has 1 aromatic carbocycles. The summed E-state index contributed by atoms with van der Waals surface area (Å²) in [5.74, 6) is -1.36. The SMILES string of the molecule is O=C(O)C(CBr)c1ccc2[nH]cc(Cn3ccnc3)c2c1. The monoisotopic (exact) mass is 347 g/mol. The summed E-state index contributed by atoms with van der Waals surface area (Å²) in [7, 11) is 0. The van der Waals surface area contributed by atoms with E-state index in [2.05, 4.69) is 25.9 Å². The molecule has 1 atom stereocenters. The van der Waals surface area contributed by atoms with Crippen LogP contribution in [0.4, 0.5) is 0 Å². The normalized spacial score (nSPS) is 12.6. The van der Waals surface area contributed by atoms with Gasteiger partial charge in [-0.05, 0) is 23.3 Å². The molecule has 3 rings (SSSR count). The molecule has 5 nitrogen and oxygen atoms in total. The van der Waals surface area contributed by atoms with E-state index in [9.17, 15) is 9.90 Å². The molecule has 0 aliphatic heterocycles. The number of hydrogen-bond acceptors (Lipinski definition) is 2. The van der Waals surface area contributed by atoms with E-state index in [0.29, 0.717) is 11.9 Å². The van der Waals surface area contributed by atoms with E-state index in [4.69, 9.17) is 0 Å². The molecule has 0 spiro atoms. The highest BCUT2D eigenvalue weighted by Crippen LogP contribution is 2.26. The van der Waals surface area contributed by atoms with Crippen LogP contribution < -0.4 is 0 Å². The van der Waals surface area contributed by atoms with Gasteiger partial charge in [-0.2, -0.15) is 0 Å². The molecule has 0 aliphatic rings. The molecule has 0 amide bonds. The second-order valence-electron chi connectivity index (χ2n) is 4.90. The number of aromatic nitrogens is 3. The Kier molecular flexibility index (Phi) is 3.79. The van der Waals surface area contributed by atoms with Crippen molar-refractivity contribution in [3.63, 3.8) is 0 Å². The fraction of sp³-hybridized carbons (Fsp3) is 0.200. The average molecular weight is 348 g/mol. The number of carboxylic acids is 1. The number of nitrogens with zero attached hydrogens (tertiary/aromatic N) is 2. The average Bonchev–Trinajstić information content (AvgIpc) is 3.10. The maximum absolute atomic E-state index is 11.3. The van der Waals surface area contributed by atoms with Crippen LogP contribution in [0, 0.1) is 0 Å². The first-order valence-corrected chi connectivity index (χ1v) is 7.65. The Bertz CT molecular complexity index is 764. The van der Waals surface area contributed by atoms with Crippen LogP contribution in [-0.2, 0) is 11.3 Å². The maximum Gasteiger partial charge on any atom is 0.311 e. The highest BCUT2D eigenvalue weighted by atomic mass is 79.9. The molecule has 6 heteroatoms. The van der Waals surface area contributed by atoms with Crippen LogP contribution in [0.1, 0.15) is 17.0 Å². The van der Waals surface area contributed by atoms with Crippen molar-refractivity contribution in [2.45, 2.75) is 12.5 Å². The summed E-state index contributed by atoms with van der Waals surface area (Å²) >= 11 is 3.27. The van der Waals surface area contributed by atoms with Crippen molar-refractivity contribution in [1.82, 2.24) is 14.5 Å². The smallest absolute Gasteiger partial charge is 0.311 e. The number of carboxylic acid groups (broad SMARTS) is 1. The standard InChI is InChI=1S/C15H14BrN3O2/c16-6-13(15(20)21)10-1-2-14-12(5-10)11(7-18-14)8-19-4-3-17-9-19/h1-5,7,9,13,18H,6,8H2,(H,20,21). The first-order chi connectivity index (χ1) is 10.2. The van der Waals surface area contributed by atoms with Gasteiger partial charge in [-0.3, -0.25) is 4.79 Å². The number of benzene rings is 1. The van der Waals surface area contributed by atoms with E-state index in [-0.39, 0.29) is 0 Å². The third kappa shape index (κ3) is 2.71. The summed E-state index contributed by atoms with van der Waals surface area (Å²) in [6.07, 6.45) is 7.37. The van der Waals surface area contributed by atoms with Gasteiger partial charge in [-0.15, -0.1) is 0 Å². The van der Waals surface area contributed by atoms with Crippen LogP contribution in [0.2, 0.25) is 0 Å². The van der Waals surface area contributed by atoms with Crippen molar-refractivity contribution in [2.24, 2.45) is 0 Å². The summed E-state index contributed by atoms with van der Waals surface area (Å²) in [5, 5.41) is 10.7. The molecule has 2 heterocycles. The second kappa shape index (κ2) is 5.73. The fourth-order valence-electron chi connectivity index (χ4n) is 2.42. The molecule has 0 radical (unpaired) electrons. The Morgan fingerprint density at radius 1 is 1.48 bits per heavy atom. The highest BCUT2D eigenvalue weighted by Gasteiger charge is 2.19. The van der Waals surface area contributed by atoms with Crippen LogP contribution in [0.3, 0.4) is 0 Å². The third-order valence-corrected chi connectivity index (χ3v) is 4.21. The number of aliphatic carboxylic acids is 1. The number of imidazole rings is 1. The largest absolute Gasteiger partial charge is 0.481 e. The lowest BCUT2D eigenvalue weighted by atomic mass is 9.99. The number of carbonyl (C=O) groups is 1. The van der Waals surface area contributed by atoms with Gasteiger partial charge in [-0.1, -0.05) is 22.0 Å². The Labute approximate surface area is 129 Å². The number of nitrogens with one attached hydrogen (secondary N) is 1. The molecule has 0 bridgehead atoms. The first-order valence-electron chi connectivity index (χ1n) is 6.53. The molecule has 2 aromatic heterocycles. The number of halogens is 1. The number of fused-ring (bicyclic) bond motifs is 1. The predicted octanol–water partition coefficient (Wildman–Crippen LogP) is 2.98. The van der Waals surface area contributed by atoms with Gasteiger partial charge in [0.1, 0.15) is 0 Å². The Balaban J connectivity index is 2.01. The lowest BCUT2D eigenvalue weighted by Gasteiger charge is -2.10. The molecule has 0 fully saturated rings. The third-order valence-electron chi connectivity index (χ3n) is 3.56. The van der Waals surface area contributed by atoms with Crippen LogP contribution in [0.25, 0.3) is 10.9 Å². The minimum atomic E-state index is -0.821. The number of rotatable bonds is 5. The summed E-state index contributed by atoms with van der Waals surface area (Å²) in [4.78, 5) is 18.6. The van der Waals surface area contributed by atoms with Crippen LogP contribution in [0.5, 0.6) is 0 Å². The molecule has 2 N–H and O–H groups in total.